The predicted molar refractivity (Wildman–Crippen MR) is 175 cm³/mol. The van der Waals surface area contributed by atoms with Gasteiger partial charge in [0.05, 0.1) is 22.1 Å². The topological polar surface area (TPSA) is 97.7 Å². The fraction of sp³-hybridized carbons (Fsp3) is 0.212. The van der Waals surface area contributed by atoms with Gasteiger partial charge in [0.2, 0.25) is 5.91 Å². The lowest BCUT2D eigenvalue weighted by Crippen LogP contribution is -2.36. The molecule has 226 valence electrons. The van der Waals surface area contributed by atoms with E-state index >= 15 is 0 Å². The average Bonchev–Trinajstić information content (AvgIpc) is 3.42. The number of aromatic nitrogens is 1. The Morgan fingerprint density at radius 1 is 1.00 bits per heavy atom. The molecule has 0 unspecified atom stereocenters. The summed E-state index contributed by atoms with van der Waals surface area (Å²) in [6.45, 7) is 4.24. The normalized spacial score (nSPS) is 14.1. The van der Waals surface area contributed by atoms with Crippen LogP contribution in [0.1, 0.15) is 46.9 Å². The number of thioether (sulfide) groups is 1. The van der Waals surface area contributed by atoms with Crippen molar-refractivity contribution < 1.29 is 23.9 Å². The molecule has 44 heavy (non-hydrogen) atoms. The Bertz CT molecular complexity index is 1820. The summed E-state index contributed by atoms with van der Waals surface area (Å²) in [5.74, 6) is -1.76. The first-order chi connectivity index (χ1) is 21.2. The van der Waals surface area contributed by atoms with Gasteiger partial charge in [0.15, 0.2) is 0 Å². The molecule has 1 aliphatic heterocycles. The van der Waals surface area contributed by atoms with Crippen LogP contribution in [0.4, 0.5) is 10.5 Å². The number of esters is 1. The Morgan fingerprint density at radius 3 is 2.52 bits per heavy atom. The number of halogens is 2. The van der Waals surface area contributed by atoms with E-state index in [-0.39, 0.29) is 27.8 Å². The third-order valence-electron chi connectivity index (χ3n) is 7.22. The standard InChI is InChI=1S/C33H29Cl2N3O5S/c1-3-4-15-43-32(41)25-16-22(13-14-27(25)35)36-30(39)19-38-31(40)29(44-33(38)42)17-24-20(2)37(28-12-8-6-10-23(24)28)18-21-9-5-7-11-26(21)34/h5-14,16-17H,3-4,15,18-19H2,1-2H3,(H,36,39)/b29-17-. The summed E-state index contributed by atoms with van der Waals surface area (Å²) in [4.78, 5) is 52.6. The molecule has 4 aromatic rings. The monoisotopic (exact) mass is 649 g/mol. The quantitative estimate of drug-likeness (QED) is 0.106. The van der Waals surface area contributed by atoms with Gasteiger partial charge in [-0.25, -0.2) is 4.79 Å². The fourth-order valence-electron chi connectivity index (χ4n) is 4.90. The number of benzene rings is 3. The highest BCUT2D eigenvalue weighted by atomic mass is 35.5. The zero-order chi connectivity index (χ0) is 31.4. The number of carbonyl (C=O) groups excluding carboxylic acids is 4. The van der Waals surface area contributed by atoms with E-state index in [4.69, 9.17) is 27.9 Å². The lowest BCUT2D eigenvalue weighted by Gasteiger charge is -2.13. The van der Waals surface area contributed by atoms with Gasteiger partial charge in [0.1, 0.15) is 6.54 Å². The molecule has 0 bridgehead atoms. The van der Waals surface area contributed by atoms with Crippen molar-refractivity contribution in [2.45, 2.75) is 33.2 Å². The predicted octanol–water partition coefficient (Wildman–Crippen LogP) is 7.94. The SMILES string of the molecule is CCCCOC(=O)c1cc(NC(=O)CN2C(=O)S/C(=C\c3c(C)n(Cc4ccccc4Cl)c4ccccc34)C2=O)ccc1Cl. The minimum absolute atomic E-state index is 0.110. The number of carbonyl (C=O) groups is 4. The minimum atomic E-state index is -0.603. The smallest absolute Gasteiger partial charge is 0.339 e. The fourth-order valence-corrected chi connectivity index (χ4v) is 6.11. The second-order valence-corrected chi connectivity index (χ2v) is 12.0. The van der Waals surface area contributed by atoms with Crippen molar-refractivity contribution >= 4 is 80.7 Å². The van der Waals surface area contributed by atoms with Crippen LogP contribution in [0.3, 0.4) is 0 Å². The van der Waals surface area contributed by atoms with E-state index in [9.17, 15) is 19.2 Å². The van der Waals surface area contributed by atoms with Gasteiger partial charge < -0.3 is 14.6 Å². The van der Waals surface area contributed by atoms with E-state index in [0.717, 1.165) is 57.2 Å². The molecule has 1 aliphatic rings. The van der Waals surface area contributed by atoms with Crippen LogP contribution in [0, 0.1) is 6.92 Å². The summed E-state index contributed by atoms with van der Waals surface area (Å²) in [5.41, 5.74) is 4.03. The summed E-state index contributed by atoms with van der Waals surface area (Å²) in [7, 11) is 0. The number of nitrogens with one attached hydrogen (secondary N) is 1. The molecule has 0 spiro atoms. The number of fused-ring (bicyclic) bond motifs is 1. The zero-order valence-electron chi connectivity index (χ0n) is 24.1. The molecule has 1 saturated heterocycles. The second-order valence-electron chi connectivity index (χ2n) is 10.2. The number of anilines is 1. The van der Waals surface area contributed by atoms with Gasteiger partial charge in [-0.2, -0.15) is 0 Å². The summed E-state index contributed by atoms with van der Waals surface area (Å²) < 4.78 is 7.35. The van der Waals surface area contributed by atoms with Crippen molar-refractivity contribution in [2.75, 3.05) is 18.5 Å². The average molecular weight is 651 g/mol. The number of ether oxygens (including phenoxy) is 1. The lowest BCUT2D eigenvalue weighted by molar-refractivity contribution is -0.127. The van der Waals surface area contributed by atoms with E-state index in [1.54, 1.807) is 6.08 Å². The van der Waals surface area contributed by atoms with Gasteiger partial charge in [-0.15, -0.1) is 0 Å². The minimum Gasteiger partial charge on any atom is -0.462 e. The van der Waals surface area contributed by atoms with Gasteiger partial charge in [0.25, 0.3) is 11.1 Å². The number of rotatable bonds is 10. The molecule has 1 fully saturated rings. The summed E-state index contributed by atoms with van der Waals surface area (Å²) in [5, 5.41) is 3.85. The van der Waals surface area contributed by atoms with Crippen molar-refractivity contribution in [3.05, 3.63) is 104 Å². The van der Waals surface area contributed by atoms with Crippen LogP contribution in [0.2, 0.25) is 10.0 Å². The first-order valence-corrected chi connectivity index (χ1v) is 15.6. The molecule has 2 heterocycles. The van der Waals surface area contributed by atoms with Gasteiger partial charge in [-0.05, 0) is 67.1 Å². The maximum atomic E-state index is 13.3. The first kappa shape index (κ1) is 31.4. The van der Waals surface area contributed by atoms with E-state index in [1.807, 2.05) is 62.4 Å². The number of hydrogen-bond donors (Lipinski definition) is 1. The summed E-state index contributed by atoms with van der Waals surface area (Å²) in [6, 6.07) is 19.9. The van der Waals surface area contributed by atoms with Crippen LogP contribution in [0.25, 0.3) is 17.0 Å². The van der Waals surface area contributed by atoms with Crippen molar-refractivity contribution in [1.82, 2.24) is 9.47 Å². The highest BCUT2D eigenvalue weighted by Gasteiger charge is 2.36. The molecular formula is C33H29Cl2N3O5S. The molecule has 0 aliphatic carbocycles. The number of imide groups is 1. The molecule has 5 rings (SSSR count). The van der Waals surface area contributed by atoms with E-state index in [0.29, 0.717) is 11.6 Å². The Kier molecular flexibility index (Phi) is 9.78. The maximum Gasteiger partial charge on any atom is 0.339 e. The lowest BCUT2D eigenvalue weighted by atomic mass is 10.1. The highest BCUT2D eigenvalue weighted by molar-refractivity contribution is 8.18. The van der Waals surface area contributed by atoms with Gasteiger partial charge >= 0.3 is 5.97 Å². The van der Waals surface area contributed by atoms with Crippen LogP contribution < -0.4 is 5.32 Å². The van der Waals surface area contributed by atoms with Crippen molar-refractivity contribution in [2.24, 2.45) is 0 Å². The Labute approximate surface area is 268 Å². The largest absolute Gasteiger partial charge is 0.462 e. The molecule has 8 nitrogen and oxygen atoms in total. The second kappa shape index (κ2) is 13.7. The molecule has 1 aromatic heterocycles. The van der Waals surface area contributed by atoms with Crippen molar-refractivity contribution in [1.29, 1.82) is 0 Å². The number of hydrogen-bond acceptors (Lipinski definition) is 6. The molecular weight excluding hydrogens is 621 g/mol. The molecule has 0 atom stereocenters. The molecule has 0 saturated carbocycles. The number of amides is 3. The summed E-state index contributed by atoms with van der Waals surface area (Å²) in [6.07, 6.45) is 3.29. The summed E-state index contributed by atoms with van der Waals surface area (Å²) >= 11 is 13.4. The maximum absolute atomic E-state index is 13.3. The number of para-hydroxylation sites is 1. The van der Waals surface area contributed by atoms with E-state index in [2.05, 4.69) is 9.88 Å². The molecule has 1 N–H and O–H groups in total. The van der Waals surface area contributed by atoms with E-state index < -0.39 is 29.6 Å². The highest BCUT2D eigenvalue weighted by Crippen LogP contribution is 2.36. The van der Waals surface area contributed by atoms with Crippen LogP contribution in [-0.2, 0) is 20.9 Å². The molecule has 3 aromatic carbocycles. The Hall–Kier alpha value is -4.05. The first-order valence-electron chi connectivity index (χ1n) is 14.0. The van der Waals surface area contributed by atoms with Crippen LogP contribution >= 0.6 is 35.0 Å². The molecule has 11 heteroatoms. The van der Waals surface area contributed by atoms with Crippen molar-refractivity contribution in [3.8, 4) is 0 Å². The van der Waals surface area contributed by atoms with Gasteiger partial charge in [-0.1, -0.05) is 72.9 Å². The van der Waals surface area contributed by atoms with Gasteiger partial charge in [0, 0.05) is 39.4 Å². The molecule has 3 amide bonds. The molecule has 0 radical (unpaired) electrons. The number of nitrogens with zero attached hydrogens (tertiary/aromatic N) is 2. The third kappa shape index (κ3) is 6.70. The Morgan fingerprint density at radius 2 is 1.75 bits per heavy atom. The van der Waals surface area contributed by atoms with E-state index in [1.165, 1.54) is 18.2 Å². The zero-order valence-corrected chi connectivity index (χ0v) is 26.4. The van der Waals surface area contributed by atoms with Crippen LogP contribution in [-0.4, -0.2) is 45.6 Å². The number of unbranched alkanes of at least 4 members (excludes halogenated alkanes) is 1. The van der Waals surface area contributed by atoms with Crippen LogP contribution in [0.15, 0.2) is 71.6 Å². The van der Waals surface area contributed by atoms with Crippen molar-refractivity contribution in [3.63, 3.8) is 0 Å². The van der Waals surface area contributed by atoms with Crippen LogP contribution in [0.5, 0.6) is 0 Å². The third-order valence-corrected chi connectivity index (χ3v) is 8.82. The Balaban J connectivity index is 1.33. The van der Waals surface area contributed by atoms with Gasteiger partial charge in [-0.3, -0.25) is 19.3 Å².